The van der Waals surface area contributed by atoms with Crippen LogP contribution in [0, 0.1) is 5.92 Å². The van der Waals surface area contributed by atoms with Crippen LogP contribution in [0.5, 0.6) is 0 Å². The number of hydrogen-bond donors (Lipinski definition) is 3. The highest BCUT2D eigenvalue weighted by molar-refractivity contribution is 5.86. The van der Waals surface area contributed by atoms with Crippen LogP contribution in [0.4, 0.5) is 4.79 Å². The second-order valence-corrected chi connectivity index (χ2v) is 6.88. The third kappa shape index (κ3) is 2.86. The van der Waals surface area contributed by atoms with Crippen molar-refractivity contribution < 1.29 is 19.4 Å². The number of urea groups is 1. The molecule has 3 N–H and O–H groups in total. The number of fused-ring (bicyclic) bond motifs is 2. The van der Waals surface area contributed by atoms with Gasteiger partial charge in [-0.25, -0.2) is 9.59 Å². The van der Waals surface area contributed by atoms with Gasteiger partial charge in [0.05, 0.1) is 18.2 Å². The van der Waals surface area contributed by atoms with Gasteiger partial charge in [0.15, 0.2) is 0 Å². The highest BCUT2D eigenvalue weighted by atomic mass is 16.5. The molecule has 3 rings (SSSR count). The molecule has 3 unspecified atom stereocenters. The van der Waals surface area contributed by atoms with Crippen LogP contribution in [0.3, 0.4) is 0 Å². The Morgan fingerprint density at radius 3 is 2.43 bits per heavy atom. The lowest BCUT2D eigenvalue weighted by Crippen LogP contribution is -2.60. The molecule has 21 heavy (non-hydrogen) atoms. The molecule has 0 aromatic rings. The first-order chi connectivity index (χ1) is 9.98. The van der Waals surface area contributed by atoms with Crippen molar-refractivity contribution in [3.8, 4) is 0 Å². The Morgan fingerprint density at radius 2 is 1.90 bits per heavy atom. The molecule has 0 spiro atoms. The maximum atomic E-state index is 12.2. The van der Waals surface area contributed by atoms with E-state index in [0.29, 0.717) is 18.8 Å². The highest BCUT2D eigenvalue weighted by Crippen LogP contribution is 2.35. The van der Waals surface area contributed by atoms with Crippen molar-refractivity contribution in [3.05, 3.63) is 0 Å². The lowest BCUT2D eigenvalue weighted by Gasteiger charge is -2.36. The summed E-state index contributed by atoms with van der Waals surface area (Å²) in [5.74, 6) is -0.393. The van der Waals surface area contributed by atoms with Crippen molar-refractivity contribution >= 4 is 12.0 Å². The number of hydrogen-bond acceptors (Lipinski definition) is 3. The van der Waals surface area contributed by atoms with Crippen molar-refractivity contribution in [1.29, 1.82) is 0 Å². The number of nitrogens with one attached hydrogen (secondary N) is 2. The summed E-state index contributed by atoms with van der Waals surface area (Å²) in [6.45, 7) is 2.12. The van der Waals surface area contributed by atoms with Crippen LogP contribution in [-0.2, 0) is 9.53 Å². The predicted molar refractivity (Wildman–Crippen MR) is 76.0 cm³/mol. The fourth-order valence-electron chi connectivity index (χ4n) is 3.86. The zero-order chi connectivity index (χ0) is 15.0. The second-order valence-electron chi connectivity index (χ2n) is 6.88. The molecule has 118 valence electrons. The van der Waals surface area contributed by atoms with Crippen LogP contribution < -0.4 is 10.6 Å². The van der Waals surface area contributed by atoms with Crippen LogP contribution >= 0.6 is 0 Å². The van der Waals surface area contributed by atoms with Crippen molar-refractivity contribution in [2.75, 3.05) is 0 Å². The molecule has 2 aliphatic heterocycles. The van der Waals surface area contributed by atoms with E-state index >= 15 is 0 Å². The van der Waals surface area contributed by atoms with Gasteiger partial charge in [0.2, 0.25) is 0 Å². The molecular weight excluding hydrogens is 272 g/mol. The predicted octanol–water partition coefficient (Wildman–Crippen LogP) is 1.64. The van der Waals surface area contributed by atoms with E-state index in [2.05, 4.69) is 17.6 Å². The summed E-state index contributed by atoms with van der Waals surface area (Å²) >= 11 is 0. The number of aliphatic carboxylic acids is 1. The van der Waals surface area contributed by atoms with Gasteiger partial charge in [0.25, 0.3) is 0 Å². The smallest absolute Gasteiger partial charge is 0.329 e. The molecule has 0 aromatic heterocycles. The number of carbonyl (C=O) groups excluding carboxylic acids is 1. The Morgan fingerprint density at radius 1 is 1.19 bits per heavy atom. The van der Waals surface area contributed by atoms with Crippen LogP contribution in [0.15, 0.2) is 0 Å². The zero-order valence-corrected chi connectivity index (χ0v) is 12.4. The molecule has 3 fully saturated rings. The number of carboxylic acids is 1. The zero-order valence-electron chi connectivity index (χ0n) is 12.4. The van der Waals surface area contributed by atoms with Gasteiger partial charge in [-0.1, -0.05) is 6.92 Å². The quantitative estimate of drug-likeness (QED) is 0.739. The molecule has 2 bridgehead atoms. The molecule has 2 saturated heterocycles. The number of carboxylic acid groups (broad SMARTS) is 1. The van der Waals surface area contributed by atoms with E-state index in [4.69, 9.17) is 4.74 Å². The van der Waals surface area contributed by atoms with Gasteiger partial charge in [-0.05, 0) is 50.9 Å². The van der Waals surface area contributed by atoms with Gasteiger partial charge < -0.3 is 20.5 Å². The summed E-state index contributed by atoms with van der Waals surface area (Å²) in [5.41, 5.74) is -1.10. The SMILES string of the molecule is CC1CCC(NC(=O)NC2CC3CCC2O3)(C(=O)O)CC1. The molecule has 0 radical (unpaired) electrons. The summed E-state index contributed by atoms with van der Waals surface area (Å²) in [5, 5.41) is 15.2. The van der Waals surface area contributed by atoms with Crippen LogP contribution in [0.2, 0.25) is 0 Å². The molecule has 3 aliphatic rings. The minimum atomic E-state index is -1.10. The highest BCUT2D eigenvalue weighted by Gasteiger charge is 2.45. The lowest BCUT2D eigenvalue weighted by atomic mass is 9.77. The van der Waals surface area contributed by atoms with E-state index < -0.39 is 11.5 Å². The number of ether oxygens (including phenoxy) is 1. The summed E-state index contributed by atoms with van der Waals surface area (Å²) in [4.78, 5) is 23.8. The molecule has 6 heteroatoms. The average molecular weight is 296 g/mol. The first-order valence-electron chi connectivity index (χ1n) is 7.96. The van der Waals surface area contributed by atoms with Gasteiger partial charge in [-0.15, -0.1) is 0 Å². The number of carbonyl (C=O) groups is 2. The molecule has 2 heterocycles. The fraction of sp³-hybridized carbons (Fsp3) is 0.867. The van der Waals surface area contributed by atoms with Crippen LogP contribution in [0.25, 0.3) is 0 Å². The minimum Gasteiger partial charge on any atom is -0.480 e. The Hall–Kier alpha value is -1.30. The van der Waals surface area contributed by atoms with E-state index in [1.807, 2.05) is 0 Å². The largest absolute Gasteiger partial charge is 0.480 e. The van der Waals surface area contributed by atoms with Crippen molar-refractivity contribution in [3.63, 3.8) is 0 Å². The molecule has 0 aromatic carbocycles. The van der Waals surface area contributed by atoms with Crippen LogP contribution in [-0.4, -0.2) is 40.9 Å². The number of amides is 2. The third-order valence-electron chi connectivity index (χ3n) is 5.31. The maximum absolute atomic E-state index is 12.2. The standard InChI is InChI=1S/C15H24N2O4/c1-9-4-6-15(7-5-9,13(18)19)17-14(20)16-11-8-10-2-3-12(11)21-10/h9-12H,2-8H2,1H3,(H,18,19)(H2,16,17,20). The third-order valence-corrected chi connectivity index (χ3v) is 5.31. The molecule has 3 atom stereocenters. The van der Waals surface area contributed by atoms with E-state index in [0.717, 1.165) is 32.1 Å². The first-order valence-corrected chi connectivity index (χ1v) is 7.96. The summed E-state index contributed by atoms with van der Waals surface area (Å²) in [7, 11) is 0. The monoisotopic (exact) mass is 296 g/mol. The molecule has 6 nitrogen and oxygen atoms in total. The lowest BCUT2D eigenvalue weighted by molar-refractivity contribution is -0.146. The topological polar surface area (TPSA) is 87.7 Å². The molecule has 1 saturated carbocycles. The van der Waals surface area contributed by atoms with Crippen molar-refractivity contribution in [2.45, 2.75) is 75.7 Å². The Kier molecular flexibility index (Phi) is 3.82. The Balaban J connectivity index is 1.58. The van der Waals surface area contributed by atoms with Gasteiger partial charge in [0, 0.05) is 0 Å². The normalized spacial score (nSPS) is 41.8. The summed E-state index contributed by atoms with van der Waals surface area (Å²) in [6, 6.07) is -0.342. The molecule has 2 amide bonds. The summed E-state index contributed by atoms with van der Waals surface area (Å²) in [6.07, 6.45) is 5.95. The summed E-state index contributed by atoms with van der Waals surface area (Å²) < 4.78 is 5.70. The average Bonchev–Trinajstić information content (AvgIpc) is 3.03. The van der Waals surface area contributed by atoms with Crippen molar-refractivity contribution in [2.24, 2.45) is 5.92 Å². The van der Waals surface area contributed by atoms with Crippen molar-refractivity contribution in [1.82, 2.24) is 10.6 Å². The Bertz CT molecular complexity index is 431. The second kappa shape index (κ2) is 5.48. The minimum absolute atomic E-state index is 0.0251. The fourth-order valence-corrected chi connectivity index (χ4v) is 3.86. The number of rotatable bonds is 3. The van der Waals surface area contributed by atoms with Gasteiger partial charge in [0.1, 0.15) is 5.54 Å². The van der Waals surface area contributed by atoms with Gasteiger partial charge in [-0.3, -0.25) is 0 Å². The van der Waals surface area contributed by atoms with E-state index in [-0.39, 0.29) is 24.3 Å². The van der Waals surface area contributed by atoms with E-state index in [9.17, 15) is 14.7 Å². The van der Waals surface area contributed by atoms with Crippen LogP contribution in [0.1, 0.15) is 51.9 Å². The maximum Gasteiger partial charge on any atom is 0.329 e. The van der Waals surface area contributed by atoms with E-state index in [1.165, 1.54) is 0 Å². The molecular formula is C15H24N2O4. The van der Waals surface area contributed by atoms with Gasteiger partial charge >= 0.3 is 12.0 Å². The van der Waals surface area contributed by atoms with Gasteiger partial charge in [-0.2, -0.15) is 0 Å². The first kappa shape index (κ1) is 14.6. The Labute approximate surface area is 124 Å². The van der Waals surface area contributed by atoms with E-state index in [1.54, 1.807) is 0 Å². The molecule has 1 aliphatic carbocycles.